The van der Waals surface area contributed by atoms with Crippen molar-refractivity contribution in [1.82, 2.24) is 20.8 Å². The molecule has 1 atom stereocenters. The van der Waals surface area contributed by atoms with Gasteiger partial charge in [0.2, 0.25) is 11.6 Å². The van der Waals surface area contributed by atoms with Crippen LogP contribution in [0.5, 0.6) is 0 Å². The van der Waals surface area contributed by atoms with Gasteiger partial charge >= 0.3 is 18.1 Å². The van der Waals surface area contributed by atoms with Crippen LogP contribution >= 0.6 is 26.5 Å². The summed E-state index contributed by atoms with van der Waals surface area (Å²) in [5.41, 5.74) is 2.88. The summed E-state index contributed by atoms with van der Waals surface area (Å²) in [6, 6.07) is 7.85. The molecule has 0 aliphatic carbocycles. The molecule has 0 bridgehead atoms. The first-order chi connectivity index (χ1) is 19.3. The number of amides is 1. The van der Waals surface area contributed by atoms with E-state index in [1.807, 2.05) is 4.90 Å². The molecule has 3 aromatic rings. The quantitative estimate of drug-likeness (QED) is 0.325. The summed E-state index contributed by atoms with van der Waals surface area (Å²) < 4.78 is 79.4. The number of nitrogens with one attached hydrogen (secondary N) is 1. The Balaban J connectivity index is 1.46. The van der Waals surface area contributed by atoms with Crippen LogP contribution in [-0.4, -0.2) is 67.0 Å². The second kappa shape index (κ2) is 11.2. The summed E-state index contributed by atoms with van der Waals surface area (Å²) in [6.07, 6.45) is -5.34. The van der Waals surface area contributed by atoms with Crippen LogP contribution in [0.3, 0.4) is 0 Å². The number of hydrogen-bond donors (Lipinski definition) is 3. The maximum atomic E-state index is 13.8. The summed E-state index contributed by atoms with van der Waals surface area (Å²) in [6.45, 7) is 1.27. The molecule has 18 heteroatoms. The fourth-order valence-electron chi connectivity index (χ4n) is 4.31. The average Bonchev–Trinajstić information content (AvgIpc) is 3.54. The number of hydrogen-bond acceptors (Lipinski definition) is 11. The van der Waals surface area contributed by atoms with Gasteiger partial charge in [-0.25, -0.2) is 18.8 Å². The van der Waals surface area contributed by atoms with E-state index in [1.165, 1.54) is 36.4 Å². The Labute approximate surface area is 239 Å². The van der Waals surface area contributed by atoms with Crippen LogP contribution in [0.15, 0.2) is 51.6 Å². The highest BCUT2D eigenvalue weighted by Gasteiger charge is 2.48. The molecule has 41 heavy (non-hydrogen) atoms. The Bertz CT molecular complexity index is 1450. The van der Waals surface area contributed by atoms with E-state index >= 15 is 0 Å². The first kappa shape index (κ1) is 29.2. The second-order valence-corrected chi connectivity index (χ2v) is 12.4. The molecule has 1 unspecified atom stereocenters. The average molecular weight is 665 g/mol. The molecule has 2 aliphatic heterocycles. The zero-order valence-electron chi connectivity index (χ0n) is 20.7. The van der Waals surface area contributed by atoms with E-state index in [4.69, 9.17) is 9.47 Å². The van der Waals surface area contributed by atoms with Gasteiger partial charge in [0.05, 0.1) is 21.7 Å². The van der Waals surface area contributed by atoms with E-state index in [0.29, 0.717) is 25.2 Å². The van der Waals surface area contributed by atoms with Gasteiger partial charge in [0.15, 0.2) is 6.04 Å². The van der Waals surface area contributed by atoms with Gasteiger partial charge in [-0.2, -0.15) is 23.8 Å². The van der Waals surface area contributed by atoms with Crippen LogP contribution in [0.2, 0.25) is 0 Å². The first-order valence-corrected chi connectivity index (χ1v) is 14.5. The van der Waals surface area contributed by atoms with Crippen molar-refractivity contribution < 1.29 is 45.7 Å². The summed E-state index contributed by atoms with van der Waals surface area (Å²) in [5, 5.41) is 8.06. The van der Waals surface area contributed by atoms with E-state index in [2.05, 4.69) is 31.8 Å². The molecule has 220 valence electrons. The number of carbonyl (C=O) groups is 2. The van der Waals surface area contributed by atoms with Crippen LogP contribution in [0, 0.1) is 5.82 Å². The van der Waals surface area contributed by atoms with Gasteiger partial charge in [0, 0.05) is 19.6 Å². The molecule has 2 saturated heterocycles. The lowest BCUT2D eigenvalue weighted by Crippen LogP contribution is -2.40. The van der Waals surface area contributed by atoms with E-state index in [1.54, 1.807) is 0 Å². The Morgan fingerprint density at radius 1 is 1.15 bits per heavy atom. The number of rotatable bonds is 6. The summed E-state index contributed by atoms with van der Waals surface area (Å²) >= 11 is 3.02. The third-order valence-electron chi connectivity index (χ3n) is 6.40. The smallest absolute Gasteiger partial charge is 0.348 e. The maximum absolute atomic E-state index is 13.8. The van der Waals surface area contributed by atoms with Crippen molar-refractivity contribution in [2.24, 2.45) is 0 Å². The predicted molar refractivity (Wildman–Crippen MR) is 140 cm³/mol. The minimum atomic E-state index is -5.34. The summed E-state index contributed by atoms with van der Waals surface area (Å²) in [7, 11) is -2.59. The molecular formula is C23H21BrF4N6O6S. The van der Waals surface area contributed by atoms with Crippen LogP contribution < -0.4 is 15.5 Å². The number of alkyl halides is 3. The Morgan fingerprint density at radius 2 is 1.83 bits per heavy atom. The lowest BCUT2D eigenvalue weighted by Gasteiger charge is -2.41. The molecule has 2 fully saturated rings. The van der Waals surface area contributed by atoms with Crippen molar-refractivity contribution in [1.29, 1.82) is 0 Å². The van der Waals surface area contributed by atoms with Crippen LogP contribution in [0.1, 0.15) is 17.2 Å². The zero-order chi connectivity index (χ0) is 29.5. The first-order valence-electron chi connectivity index (χ1n) is 11.8. The molecule has 2 aromatic carbocycles. The van der Waals surface area contributed by atoms with Crippen molar-refractivity contribution in [3.63, 3.8) is 0 Å². The van der Waals surface area contributed by atoms with Gasteiger partial charge in [-0.3, -0.25) is 23.7 Å². The minimum Gasteiger partial charge on any atom is -0.348 e. The van der Waals surface area contributed by atoms with Crippen molar-refractivity contribution >= 4 is 55.7 Å². The standard InChI is InChI=1S/C23H21BrF4N6O6S/c24-16-11-14(3-6-17(16)25)18-21(35)39-31-34(18)20-19(29-40-30-20)33(22(36)23(26,27)28)15-4-1-13(2-5-15)12-32-7-9-41(37,38)10-8-32/h1-6,11,18,31,37-38H,7-10,12H2. The fraction of sp³-hybridized carbons (Fsp3) is 0.304. The topological polar surface area (TPSA) is 144 Å². The van der Waals surface area contributed by atoms with E-state index in [9.17, 15) is 36.3 Å². The van der Waals surface area contributed by atoms with Gasteiger partial charge in [-0.1, -0.05) is 23.8 Å². The molecule has 0 saturated carbocycles. The fourth-order valence-corrected chi connectivity index (χ4v) is 6.01. The molecule has 12 nitrogen and oxygen atoms in total. The second-order valence-electron chi connectivity index (χ2n) is 9.16. The number of nitrogens with zero attached hydrogens (tertiary/aromatic N) is 5. The van der Waals surface area contributed by atoms with Crippen molar-refractivity contribution in [3.8, 4) is 0 Å². The maximum Gasteiger partial charge on any atom is 0.472 e. The van der Waals surface area contributed by atoms with Gasteiger partial charge < -0.3 is 4.84 Å². The molecule has 2 aliphatic rings. The number of benzene rings is 2. The number of aromatic nitrogens is 2. The van der Waals surface area contributed by atoms with E-state index in [-0.39, 0.29) is 32.1 Å². The predicted octanol–water partition coefficient (Wildman–Crippen LogP) is 4.29. The highest BCUT2D eigenvalue weighted by atomic mass is 79.9. The Morgan fingerprint density at radius 3 is 2.46 bits per heavy atom. The van der Waals surface area contributed by atoms with Crippen LogP contribution in [0.4, 0.5) is 34.9 Å². The lowest BCUT2D eigenvalue weighted by molar-refractivity contribution is -0.169. The Kier molecular flexibility index (Phi) is 7.96. The molecule has 5 rings (SSSR count). The zero-order valence-corrected chi connectivity index (χ0v) is 23.1. The van der Waals surface area contributed by atoms with Crippen LogP contribution in [-0.2, 0) is 21.0 Å². The normalized spacial score (nSPS) is 20.1. The highest BCUT2D eigenvalue weighted by Crippen LogP contribution is 2.41. The number of anilines is 3. The van der Waals surface area contributed by atoms with Gasteiger partial charge in [0.1, 0.15) is 5.82 Å². The van der Waals surface area contributed by atoms with E-state index < -0.39 is 52.1 Å². The molecular weight excluding hydrogens is 644 g/mol. The minimum absolute atomic E-state index is 0.0139. The molecule has 1 aromatic heterocycles. The SMILES string of the molecule is O=C1ONN(c2nonc2N(C(=O)C(F)(F)F)c2ccc(CN3CCS(O)(O)CC3)cc2)C1c1ccc(F)c(Br)c1. The van der Waals surface area contributed by atoms with Crippen molar-refractivity contribution in [2.75, 3.05) is 34.5 Å². The molecule has 0 radical (unpaired) electrons. The monoisotopic (exact) mass is 664 g/mol. The van der Waals surface area contributed by atoms with Crippen molar-refractivity contribution in [2.45, 2.75) is 18.8 Å². The van der Waals surface area contributed by atoms with Gasteiger partial charge in [0.25, 0.3) is 0 Å². The lowest BCUT2D eigenvalue weighted by atomic mass is 10.1. The third kappa shape index (κ3) is 6.16. The molecule has 3 N–H and O–H groups in total. The van der Waals surface area contributed by atoms with E-state index in [0.717, 1.165) is 11.1 Å². The van der Waals surface area contributed by atoms with Crippen LogP contribution in [0.25, 0.3) is 0 Å². The third-order valence-corrected chi connectivity index (χ3v) is 8.68. The number of halogens is 5. The van der Waals surface area contributed by atoms with Gasteiger partial charge in [-0.05, 0) is 61.6 Å². The number of hydrazine groups is 1. The summed E-state index contributed by atoms with van der Waals surface area (Å²) in [5.74, 6) is -4.55. The molecule has 0 spiro atoms. The number of carbonyl (C=O) groups excluding carboxylic acids is 2. The summed E-state index contributed by atoms with van der Waals surface area (Å²) in [4.78, 5) is 32.3. The van der Waals surface area contributed by atoms with Crippen molar-refractivity contribution in [3.05, 3.63) is 63.9 Å². The Hall–Kier alpha value is -3.29. The van der Waals surface area contributed by atoms with Gasteiger partial charge in [-0.15, -0.1) is 0 Å². The molecule has 1 amide bonds. The molecule has 3 heterocycles. The largest absolute Gasteiger partial charge is 0.472 e. The highest BCUT2D eigenvalue weighted by molar-refractivity contribution is 9.10.